The fourth-order valence-corrected chi connectivity index (χ4v) is 4.89. The van der Waals surface area contributed by atoms with E-state index >= 15 is 0 Å². The molecule has 5 nitrogen and oxygen atoms in total. The van der Waals surface area contributed by atoms with Crippen LogP contribution in [-0.2, 0) is 11.2 Å². The van der Waals surface area contributed by atoms with Crippen LogP contribution in [0.4, 0.5) is 0 Å². The molecule has 1 atom stereocenters. The average Bonchev–Trinajstić information content (AvgIpc) is 3.31. The molecule has 1 aliphatic carbocycles. The van der Waals surface area contributed by atoms with Crippen LogP contribution in [0, 0.1) is 0 Å². The van der Waals surface area contributed by atoms with E-state index in [1.165, 1.54) is 48.7 Å². The van der Waals surface area contributed by atoms with Crippen molar-refractivity contribution in [2.75, 3.05) is 5.75 Å². The molecule has 0 saturated heterocycles. The number of carbonyl (C=O) groups is 1. The van der Waals surface area contributed by atoms with Gasteiger partial charge in [-0.2, -0.15) is 0 Å². The fraction of sp³-hybridized carbons (Fsp3) is 0.632. The Morgan fingerprint density at radius 1 is 1.38 bits per heavy atom. The number of thiophene rings is 1. The monoisotopic (exact) mass is 392 g/mol. The van der Waals surface area contributed by atoms with Gasteiger partial charge in [-0.3, -0.25) is 4.79 Å². The lowest BCUT2D eigenvalue weighted by atomic mass is 9.95. The zero-order valence-electron chi connectivity index (χ0n) is 15.6. The molecule has 2 aromatic rings. The zero-order valence-corrected chi connectivity index (χ0v) is 17.2. The van der Waals surface area contributed by atoms with Crippen molar-refractivity contribution in [1.82, 2.24) is 20.1 Å². The van der Waals surface area contributed by atoms with Gasteiger partial charge in [0.05, 0.1) is 5.75 Å². The Balaban J connectivity index is 1.73. The van der Waals surface area contributed by atoms with Crippen molar-refractivity contribution >= 4 is 29.0 Å². The number of thioether (sulfide) groups is 1. The maximum atomic E-state index is 12.1. The molecule has 0 unspecified atom stereocenters. The van der Waals surface area contributed by atoms with E-state index in [2.05, 4.69) is 44.5 Å². The molecule has 2 heterocycles. The summed E-state index contributed by atoms with van der Waals surface area (Å²) in [6.07, 6.45) is 7.98. The molecule has 0 aliphatic heterocycles. The van der Waals surface area contributed by atoms with Crippen molar-refractivity contribution in [1.29, 1.82) is 0 Å². The molecule has 7 heteroatoms. The lowest BCUT2D eigenvalue weighted by Crippen LogP contribution is -2.33. The summed E-state index contributed by atoms with van der Waals surface area (Å²) in [5, 5.41) is 15.0. The van der Waals surface area contributed by atoms with Crippen LogP contribution in [0.25, 0.3) is 0 Å². The lowest BCUT2D eigenvalue weighted by molar-refractivity contribution is -0.119. The minimum atomic E-state index is 0.0716. The number of amides is 1. The van der Waals surface area contributed by atoms with Crippen molar-refractivity contribution in [2.24, 2.45) is 0 Å². The molecule has 1 amide bonds. The van der Waals surface area contributed by atoms with Crippen LogP contribution in [0.3, 0.4) is 0 Å². The van der Waals surface area contributed by atoms with Gasteiger partial charge in [0.15, 0.2) is 5.16 Å². The molecule has 142 valence electrons. The zero-order chi connectivity index (χ0) is 18.4. The van der Waals surface area contributed by atoms with Crippen LogP contribution in [0.15, 0.2) is 22.7 Å². The first-order chi connectivity index (χ1) is 12.7. The first-order valence-electron chi connectivity index (χ1n) is 9.55. The highest BCUT2D eigenvalue weighted by Crippen LogP contribution is 2.33. The van der Waals surface area contributed by atoms with Crippen molar-refractivity contribution in [3.8, 4) is 0 Å². The first kappa shape index (κ1) is 19.4. The van der Waals surface area contributed by atoms with E-state index in [-0.39, 0.29) is 11.9 Å². The quantitative estimate of drug-likeness (QED) is 0.675. The molecule has 0 radical (unpaired) electrons. The van der Waals surface area contributed by atoms with E-state index in [9.17, 15) is 4.79 Å². The Labute approximate surface area is 164 Å². The highest BCUT2D eigenvalue weighted by molar-refractivity contribution is 7.99. The number of aromatic nitrogens is 3. The van der Waals surface area contributed by atoms with Crippen molar-refractivity contribution in [3.05, 3.63) is 28.2 Å². The lowest BCUT2D eigenvalue weighted by Gasteiger charge is -2.25. The molecule has 0 aromatic carbocycles. The van der Waals surface area contributed by atoms with Gasteiger partial charge in [0.2, 0.25) is 5.91 Å². The molecule has 1 N–H and O–H groups in total. The molecule has 26 heavy (non-hydrogen) atoms. The predicted molar refractivity (Wildman–Crippen MR) is 108 cm³/mol. The molecule has 0 bridgehead atoms. The van der Waals surface area contributed by atoms with Crippen molar-refractivity contribution in [2.45, 2.75) is 76.0 Å². The number of nitrogens with zero attached hydrogens (tertiary/aromatic N) is 3. The summed E-state index contributed by atoms with van der Waals surface area (Å²) in [5.74, 6) is 1.50. The summed E-state index contributed by atoms with van der Waals surface area (Å²) < 4.78 is 2.32. The molecule has 3 rings (SSSR count). The smallest absolute Gasteiger partial charge is 0.230 e. The Morgan fingerprint density at radius 2 is 2.19 bits per heavy atom. The van der Waals surface area contributed by atoms with Gasteiger partial charge < -0.3 is 9.88 Å². The summed E-state index contributed by atoms with van der Waals surface area (Å²) in [7, 11) is 0. The van der Waals surface area contributed by atoms with Gasteiger partial charge in [-0.1, -0.05) is 44.0 Å². The second kappa shape index (κ2) is 9.55. The molecular weight excluding hydrogens is 364 g/mol. The van der Waals surface area contributed by atoms with Crippen LogP contribution in [0.1, 0.15) is 69.1 Å². The summed E-state index contributed by atoms with van der Waals surface area (Å²) >= 11 is 3.27. The topological polar surface area (TPSA) is 59.8 Å². The number of hydrogen-bond donors (Lipinski definition) is 1. The second-order valence-electron chi connectivity index (χ2n) is 6.98. The summed E-state index contributed by atoms with van der Waals surface area (Å²) in [6.45, 7) is 4.11. The highest BCUT2D eigenvalue weighted by atomic mass is 32.2. The van der Waals surface area contributed by atoms with Crippen molar-refractivity contribution < 1.29 is 4.79 Å². The van der Waals surface area contributed by atoms with Crippen LogP contribution in [0.2, 0.25) is 0 Å². The number of carbonyl (C=O) groups excluding carboxylic acids is 1. The summed E-state index contributed by atoms with van der Waals surface area (Å²) in [6, 6.07) is 4.91. The van der Waals surface area contributed by atoms with E-state index in [1.54, 1.807) is 11.3 Å². The highest BCUT2D eigenvalue weighted by Gasteiger charge is 2.23. The Kier molecular flexibility index (Phi) is 7.14. The Hall–Kier alpha value is -1.34. The van der Waals surface area contributed by atoms with Gasteiger partial charge in [0, 0.05) is 23.4 Å². The molecule has 1 saturated carbocycles. The summed E-state index contributed by atoms with van der Waals surface area (Å²) in [4.78, 5) is 13.5. The molecule has 0 spiro atoms. The van der Waals surface area contributed by atoms with Crippen LogP contribution in [-0.4, -0.2) is 32.5 Å². The van der Waals surface area contributed by atoms with Gasteiger partial charge >= 0.3 is 0 Å². The Bertz CT molecular complexity index is 692. The van der Waals surface area contributed by atoms with E-state index in [0.29, 0.717) is 11.8 Å². The Morgan fingerprint density at radius 3 is 2.88 bits per heavy atom. The largest absolute Gasteiger partial charge is 0.353 e. The van der Waals surface area contributed by atoms with Gasteiger partial charge in [0.25, 0.3) is 0 Å². The predicted octanol–water partition coefficient (Wildman–Crippen LogP) is 4.44. The maximum absolute atomic E-state index is 12.1. The number of hydrogen-bond acceptors (Lipinski definition) is 5. The van der Waals surface area contributed by atoms with Crippen LogP contribution < -0.4 is 5.32 Å². The third-order valence-corrected chi connectivity index (χ3v) is 6.76. The third kappa shape index (κ3) is 5.10. The average molecular weight is 393 g/mol. The minimum Gasteiger partial charge on any atom is -0.353 e. The van der Waals surface area contributed by atoms with E-state index in [0.717, 1.165) is 23.8 Å². The SMILES string of the molecule is CC[C@H](C)NC(=O)CSc1nnc(Cc2cccs2)n1C1CCCCC1. The van der Waals surface area contributed by atoms with E-state index in [1.807, 2.05) is 6.92 Å². The second-order valence-corrected chi connectivity index (χ2v) is 8.96. The van der Waals surface area contributed by atoms with Gasteiger partial charge in [-0.15, -0.1) is 21.5 Å². The standard InChI is InChI=1S/C19H28N4OS2/c1-3-14(2)20-18(24)13-26-19-22-21-17(12-16-10-7-11-25-16)23(19)15-8-5-4-6-9-15/h7,10-11,14-15H,3-6,8-9,12-13H2,1-2H3,(H,20,24)/t14-/m0/s1. The van der Waals surface area contributed by atoms with Gasteiger partial charge in [-0.25, -0.2) is 0 Å². The summed E-state index contributed by atoms with van der Waals surface area (Å²) in [5.41, 5.74) is 0. The van der Waals surface area contributed by atoms with Crippen LogP contribution >= 0.6 is 23.1 Å². The van der Waals surface area contributed by atoms with Crippen molar-refractivity contribution in [3.63, 3.8) is 0 Å². The molecule has 1 aliphatic rings. The van der Waals surface area contributed by atoms with Gasteiger partial charge in [-0.05, 0) is 37.6 Å². The first-order valence-corrected chi connectivity index (χ1v) is 11.4. The van der Waals surface area contributed by atoms with Gasteiger partial charge in [0.1, 0.15) is 5.82 Å². The van der Waals surface area contributed by atoms with Crippen LogP contribution in [0.5, 0.6) is 0 Å². The maximum Gasteiger partial charge on any atom is 0.230 e. The number of nitrogens with one attached hydrogen (secondary N) is 1. The normalized spacial score (nSPS) is 16.5. The number of rotatable bonds is 8. The van der Waals surface area contributed by atoms with E-state index < -0.39 is 0 Å². The molecular formula is C19H28N4OS2. The minimum absolute atomic E-state index is 0.0716. The molecule has 1 fully saturated rings. The third-order valence-electron chi connectivity index (χ3n) is 4.94. The molecule has 2 aromatic heterocycles. The fourth-order valence-electron chi connectivity index (χ4n) is 3.35. The van der Waals surface area contributed by atoms with E-state index in [4.69, 9.17) is 0 Å².